The number of hydrazine groups is 1. The summed E-state index contributed by atoms with van der Waals surface area (Å²) in [5, 5.41) is 1.84. The summed E-state index contributed by atoms with van der Waals surface area (Å²) in [6.45, 7) is 4.66. The minimum atomic E-state index is -0.411. The van der Waals surface area contributed by atoms with E-state index in [2.05, 4.69) is 42.2 Å². The van der Waals surface area contributed by atoms with Gasteiger partial charge < -0.3 is 4.90 Å². The molecule has 2 aliphatic heterocycles. The van der Waals surface area contributed by atoms with Crippen molar-refractivity contribution in [2.75, 3.05) is 19.6 Å². The van der Waals surface area contributed by atoms with E-state index in [0.29, 0.717) is 49.6 Å². The summed E-state index contributed by atoms with van der Waals surface area (Å²) in [6.07, 6.45) is 3.50. The van der Waals surface area contributed by atoms with Crippen molar-refractivity contribution in [1.29, 1.82) is 0 Å². The molecule has 0 saturated carbocycles. The monoisotopic (exact) mass is 819 g/mol. The van der Waals surface area contributed by atoms with Gasteiger partial charge in [0.25, 0.3) is 17.4 Å². The van der Waals surface area contributed by atoms with Crippen LogP contribution in [0.25, 0.3) is 28.0 Å². The first-order valence-electron chi connectivity index (χ1n) is 16.0. The van der Waals surface area contributed by atoms with E-state index in [0.717, 1.165) is 41.5 Å². The molecule has 2 unspecified atom stereocenters. The molecular weight excluding hydrogens is 790 g/mol. The topological polar surface area (TPSA) is 87.5 Å². The Balaban J connectivity index is 1.20. The predicted molar refractivity (Wildman–Crippen MR) is 203 cm³/mol. The molecule has 12 heteroatoms. The highest BCUT2D eigenvalue weighted by molar-refractivity contribution is 9.11. The fourth-order valence-corrected chi connectivity index (χ4v) is 9.17. The van der Waals surface area contributed by atoms with E-state index < -0.39 is 5.91 Å². The molecule has 7 rings (SSSR count). The molecule has 1 aromatic heterocycles. The standard InChI is InChI=1S/C37H32Br2ClN5O3S/c1-22-5-7-25(8-6-22)37-45(36(48)31(49-37)21-43-17-3-2-4-18-43)42-34(46)24-11-15-28(16-12-24)44-33(23-9-13-27(40)14-10-23)41-32-29(35(44)47)19-26(38)20-30(32)39/h5-16,19-20,31,37H,2-4,17-18,21H2,1H3,(H,42,46). The third-order valence-corrected chi connectivity index (χ3v) is 11.6. The Kier molecular flexibility index (Phi) is 9.99. The third-order valence-electron chi connectivity index (χ3n) is 8.88. The predicted octanol–water partition coefficient (Wildman–Crippen LogP) is 8.31. The number of hydrogen-bond donors (Lipinski definition) is 1. The smallest absolute Gasteiger partial charge is 0.269 e. The molecular formula is C37H32Br2ClN5O3S. The van der Waals surface area contributed by atoms with Crippen molar-refractivity contribution in [3.05, 3.63) is 126 Å². The van der Waals surface area contributed by atoms with E-state index in [1.54, 1.807) is 54.2 Å². The molecule has 0 spiro atoms. The summed E-state index contributed by atoms with van der Waals surface area (Å²) >= 11 is 14.8. The molecule has 8 nitrogen and oxygen atoms in total. The highest BCUT2D eigenvalue weighted by Gasteiger charge is 2.43. The van der Waals surface area contributed by atoms with Crippen molar-refractivity contribution in [2.45, 2.75) is 36.8 Å². The minimum absolute atomic E-state index is 0.107. The average Bonchev–Trinajstić information content (AvgIpc) is 3.40. The number of aromatic nitrogens is 2. The van der Waals surface area contributed by atoms with Crippen LogP contribution in [0.4, 0.5) is 0 Å². The maximum absolute atomic E-state index is 14.1. The third kappa shape index (κ3) is 7.09. The summed E-state index contributed by atoms with van der Waals surface area (Å²) in [5.41, 5.74) is 6.85. The Morgan fingerprint density at radius 2 is 1.63 bits per heavy atom. The summed E-state index contributed by atoms with van der Waals surface area (Å²) in [7, 11) is 0. The van der Waals surface area contributed by atoms with Crippen LogP contribution >= 0.6 is 55.2 Å². The van der Waals surface area contributed by atoms with Crippen molar-refractivity contribution in [3.8, 4) is 17.1 Å². The molecule has 2 amide bonds. The molecule has 0 bridgehead atoms. The zero-order valence-corrected chi connectivity index (χ0v) is 31.3. The number of aryl methyl sites for hydroxylation is 1. The van der Waals surface area contributed by atoms with Gasteiger partial charge in [-0.1, -0.05) is 63.8 Å². The van der Waals surface area contributed by atoms with Gasteiger partial charge in [0.1, 0.15) is 16.4 Å². The average molecular weight is 822 g/mol. The van der Waals surface area contributed by atoms with Gasteiger partial charge in [-0.15, -0.1) is 11.8 Å². The first-order valence-corrected chi connectivity index (χ1v) is 18.9. The number of thioether (sulfide) groups is 1. The van der Waals surface area contributed by atoms with E-state index in [1.165, 1.54) is 16.0 Å². The van der Waals surface area contributed by atoms with Gasteiger partial charge in [0.15, 0.2) is 0 Å². The van der Waals surface area contributed by atoms with E-state index in [4.69, 9.17) is 16.6 Å². The largest absolute Gasteiger partial charge is 0.302 e. The zero-order valence-electron chi connectivity index (χ0n) is 26.5. The van der Waals surface area contributed by atoms with Gasteiger partial charge in [0, 0.05) is 31.6 Å². The maximum Gasteiger partial charge on any atom is 0.269 e. The fourth-order valence-electron chi connectivity index (χ4n) is 6.30. The van der Waals surface area contributed by atoms with Crippen molar-refractivity contribution in [3.63, 3.8) is 0 Å². The van der Waals surface area contributed by atoms with Gasteiger partial charge in [0.05, 0.1) is 16.6 Å². The summed E-state index contributed by atoms with van der Waals surface area (Å²) < 4.78 is 2.95. The lowest BCUT2D eigenvalue weighted by molar-refractivity contribution is -0.132. The quantitative estimate of drug-likeness (QED) is 0.178. The number of nitrogens with one attached hydrogen (secondary N) is 1. The second-order valence-electron chi connectivity index (χ2n) is 12.3. The molecule has 3 heterocycles. The van der Waals surface area contributed by atoms with Gasteiger partial charge >= 0.3 is 0 Å². The van der Waals surface area contributed by atoms with Crippen LogP contribution in [-0.2, 0) is 4.79 Å². The number of halogens is 3. The number of fused-ring (bicyclic) bond motifs is 1. The maximum atomic E-state index is 14.1. The molecule has 5 aromatic rings. The van der Waals surface area contributed by atoms with Gasteiger partial charge in [-0.2, -0.15) is 0 Å². The number of benzene rings is 4. The number of likely N-dealkylation sites (tertiary alicyclic amines) is 1. The van der Waals surface area contributed by atoms with Crippen LogP contribution in [0.1, 0.15) is 46.1 Å². The molecule has 0 radical (unpaired) electrons. The number of carbonyl (C=O) groups is 2. The molecule has 2 fully saturated rings. The Bertz CT molecular complexity index is 2100. The summed E-state index contributed by atoms with van der Waals surface area (Å²) in [6, 6.07) is 25.5. The van der Waals surface area contributed by atoms with E-state index >= 15 is 0 Å². The first kappa shape index (κ1) is 34.0. The van der Waals surface area contributed by atoms with E-state index in [9.17, 15) is 14.4 Å². The lowest BCUT2D eigenvalue weighted by Crippen LogP contribution is -2.47. The Hall–Kier alpha value is -3.48. The lowest BCUT2D eigenvalue weighted by atomic mass is 10.1. The van der Waals surface area contributed by atoms with Gasteiger partial charge in [-0.05, 0) is 115 Å². The Labute approximate surface area is 310 Å². The van der Waals surface area contributed by atoms with Crippen molar-refractivity contribution < 1.29 is 9.59 Å². The highest BCUT2D eigenvalue weighted by atomic mass is 79.9. The lowest BCUT2D eigenvalue weighted by Gasteiger charge is -2.28. The molecule has 250 valence electrons. The minimum Gasteiger partial charge on any atom is -0.302 e. The number of hydrogen-bond acceptors (Lipinski definition) is 6. The Morgan fingerprint density at radius 3 is 2.33 bits per heavy atom. The van der Waals surface area contributed by atoms with Crippen LogP contribution in [0.3, 0.4) is 0 Å². The fraction of sp³-hybridized carbons (Fsp3) is 0.243. The molecule has 2 aliphatic rings. The highest BCUT2D eigenvalue weighted by Crippen LogP contribution is 2.42. The van der Waals surface area contributed by atoms with Gasteiger partial charge in [-0.25, -0.2) is 9.99 Å². The molecule has 1 N–H and O–H groups in total. The number of carbonyl (C=O) groups excluding carboxylic acids is 2. The van der Waals surface area contributed by atoms with Gasteiger partial charge in [-0.3, -0.25) is 24.4 Å². The number of nitrogens with zero attached hydrogens (tertiary/aromatic N) is 4. The SMILES string of the molecule is Cc1ccc(C2SC(CN3CCCCC3)C(=O)N2NC(=O)c2ccc(-n3c(-c4ccc(Cl)cc4)nc4c(Br)cc(Br)cc4c3=O)cc2)cc1. The van der Waals surface area contributed by atoms with Crippen molar-refractivity contribution in [1.82, 2.24) is 24.9 Å². The number of rotatable bonds is 7. The van der Waals surface area contributed by atoms with Crippen LogP contribution in [0, 0.1) is 6.92 Å². The second kappa shape index (κ2) is 14.4. The van der Waals surface area contributed by atoms with Crippen LogP contribution in [0.5, 0.6) is 0 Å². The number of piperidine rings is 1. The van der Waals surface area contributed by atoms with Crippen molar-refractivity contribution in [2.24, 2.45) is 0 Å². The normalized spacial score (nSPS) is 18.3. The van der Waals surface area contributed by atoms with Crippen molar-refractivity contribution >= 4 is 77.9 Å². The molecule has 0 aliphatic carbocycles. The van der Waals surface area contributed by atoms with Crippen LogP contribution in [0.15, 0.2) is 98.7 Å². The second-order valence-corrected chi connectivity index (χ2v) is 15.8. The first-order chi connectivity index (χ1) is 23.7. The molecule has 49 heavy (non-hydrogen) atoms. The summed E-state index contributed by atoms with van der Waals surface area (Å²) in [4.78, 5) is 48.9. The molecule has 4 aromatic carbocycles. The number of amides is 2. The Morgan fingerprint density at radius 1 is 0.939 bits per heavy atom. The van der Waals surface area contributed by atoms with E-state index in [-0.39, 0.29) is 22.1 Å². The van der Waals surface area contributed by atoms with E-state index in [1.807, 2.05) is 49.4 Å². The van der Waals surface area contributed by atoms with Crippen LogP contribution in [-0.4, -0.2) is 56.2 Å². The van der Waals surface area contributed by atoms with Crippen LogP contribution in [0.2, 0.25) is 5.02 Å². The van der Waals surface area contributed by atoms with Gasteiger partial charge in [0.2, 0.25) is 0 Å². The zero-order chi connectivity index (χ0) is 34.2. The molecule has 2 atom stereocenters. The van der Waals surface area contributed by atoms with Crippen LogP contribution < -0.4 is 11.0 Å². The summed E-state index contributed by atoms with van der Waals surface area (Å²) in [5.74, 6) is -0.0920. The molecule has 2 saturated heterocycles.